The SMILES string of the molecule is CC(C)(C)OC(=O)NC(C=O)/C=C/c1ccccc1. The molecule has 0 aliphatic rings. The van der Waals surface area contributed by atoms with E-state index in [-0.39, 0.29) is 0 Å². The highest BCUT2D eigenvalue weighted by atomic mass is 16.6. The van der Waals surface area contributed by atoms with Gasteiger partial charge in [-0.2, -0.15) is 0 Å². The smallest absolute Gasteiger partial charge is 0.408 e. The first-order chi connectivity index (χ1) is 8.90. The van der Waals surface area contributed by atoms with Crippen LogP contribution in [0.5, 0.6) is 0 Å². The van der Waals surface area contributed by atoms with Gasteiger partial charge in [-0.15, -0.1) is 0 Å². The largest absolute Gasteiger partial charge is 0.444 e. The summed E-state index contributed by atoms with van der Waals surface area (Å²) in [5.41, 5.74) is 0.376. The van der Waals surface area contributed by atoms with Crippen LogP contribution < -0.4 is 5.32 Å². The minimum Gasteiger partial charge on any atom is -0.444 e. The van der Waals surface area contributed by atoms with Gasteiger partial charge in [0.25, 0.3) is 0 Å². The number of ether oxygens (including phenoxy) is 1. The molecule has 4 nitrogen and oxygen atoms in total. The lowest BCUT2D eigenvalue weighted by Gasteiger charge is -2.20. The van der Waals surface area contributed by atoms with Gasteiger partial charge in [0.15, 0.2) is 0 Å². The molecule has 1 aromatic rings. The van der Waals surface area contributed by atoms with Crippen LogP contribution in [0.2, 0.25) is 0 Å². The highest BCUT2D eigenvalue weighted by molar-refractivity contribution is 5.76. The fourth-order valence-electron chi connectivity index (χ4n) is 1.35. The molecule has 102 valence electrons. The first-order valence-corrected chi connectivity index (χ1v) is 6.09. The molecule has 1 N–H and O–H groups in total. The topological polar surface area (TPSA) is 55.4 Å². The van der Waals surface area contributed by atoms with Gasteiger partial charge in [-0.3, -0.25) is 0 Å². The maximum absolute atomic E-state index is 11.5. The monoisotopic (exact) mass is 261 g/mol. The fourth-order valence-corrected chi connectivity index (χ4v) is 1.35. The third kappa shape index (κ3) is 6.41. The van der Waals surface area contributed by atoms with Gasteiger partial charge in [-0.1, -0.05) is 42.5 Å². The predicted molar refractivity (Wildman–Crippen MR) is 74.7 cm³/mol. The van der Waals surface area contributed by atoms with E-state index in [4.69, 9.17) is 4.74 Å². The summed E-state index contributed by atoms with van der Waals surface area (Å²) in [4.78, 5) is 22.4. The van der Waals surface area contributed by atoms with Crippen LogP contribution in [0, 0.1) is 0 Å². The fraction of sp³-hybridized carbons (Fsp3) is 0.333. The molecule has 1 rings (SSSR count). The van der Waals surface area contributed by atoms with Gasteiger partial charge in [0.2, 0.25) is 0 Å². The molecule has 0 aromatic heterocycles. The molecule has 0 aliphatic carbocycles. The van der Waals surface area contributed by atoms with Crippen molar-refractivity contribution in [2.24, 2.45) is 0 Å². The molecule has 4 heteroatoms. The highest BCUT2D eigenvalue weighted by Gasteiger charge is 2.17. The molecule has 0 fully saturated rings. The second kappa shape index (κ2) is 6.73. The standard InChI is InChI=1S/C15H19NO3/c1-15(2,3)19-14(18)16-13(11-17)10-9-12-7-5-4-6-8-12/h4-11,13H,1-3H3,(H,16,18)/b10-9+. The number of amides is 1. The molecule has 0 spiro atoms. The van der Waals surface area contributed by atoms with Crippen molar-refractivity contribution in [2.45, 2.75) is 32.4 Å². The zero-order valence-corrected chi connectivity index (χ0v) is 11.4. The molecule has 1 amide bonds. The molecule has 0 bridgehead atoms. The Labute approximate surface area is 113 Å². The Morgan fingerprint density at radius 3 is 2.42 bits per heavy atom. The summed E-state index contributed by atoms with van der Waals surface area (Å²) in [5, 5.41) is 2.48. The second-order valence-corrected chi connectivity index (χ2v) is 5.08. The Balaban J connectivity index is 2.57. The van der Waals surface area contributed by atoms with Crippen LogP contribution in [0.1, 0.15) is 26.3 Å². The molecule has 0 aliphatic heterocycles. The van der Waals surface area contributed by atoms with E-state index in [1.54, 1.807) is 32.9 Å². The number of rotatable bonds is 4. The molecule has 1 aromatic carbocycles. The van der Waals surface area contributed by atoms with Crippen LogP contribution >= 0.6 is 0 Å². The molecule has 0 saturated heterocycles. The summed E-state index contributed by atoms with van der Waals surface area (Å²) in [6.07, 6.45) is 3.44. The first kappa shape index (κ1) is 15.0. The van der Waals surface area contributed by atoms with Gasteiger partial charge in [0.1, 0.15) is 17.9 Å². The van der Waals surface area contributed by atoms with E-state index in [1.165, 1.54) is 0 Å². The van der Waals surface area contributed by atoms with E-state index < -0.39 is 17.7 Å². The van der Waals surface area contributed by atoms with E-state index >= 15 is 0 Å². The minimum absolute atomic E-state index is 0.583. The van der Waals surface area contributed by atoms with Crippen molar-refractivity contribution in [1.82, 2.24) is 5.32 Å². The lowest BCUT2D eigenvalue weighted by atomic mass is 10.2. The van der Waals surface area contributed by atoms with Crippen molar-refractivity contribution in [2.75, 3.05) is 0 Å². The first-order valence-electron chi connectivity index (χ1n) is 6.09. The summed E-state index contributed by atoms with van der Waals surface area (Å²) in [7, 11) is 0. The van der Waals surface area contributed by atoms with E-state index in [1.807, 2.05) is 30.3 Å². The maximum atomic E-state index is 11.5. The number of aldehydes is 1. The van der Waals surface area contributed by atoms with Crippen LogP contribution in [0.15, 0.2) is 36.4 Å². The van der Waals surface area contributed by atoms with E-state index in [0.717, 1.165) is 5.56 Å². The van der Waals surface area contributed by atoms with Gasteiger partial charge in [-0.25, -0.2) is 4.79 Å². The van der Waals surface area contributed by atoms with Crippen LogP contribution in [0.25, 0.3) is 6.08 Å². The van der Waals surface area contributed by atoms with Crippen molar-refractivity contribution in [1.29, 1.82) is 0 Å². The van der Waals surface area contributed by atoms with Crippen LogP contribution in [-0.2, 0) is 9.53 Å². The third-order valence-electron chi connectivity index (χ3n) is 2.13. The number of carbonyl (C=O) groups excluding carboxylic acids is 2. The molecule has 19 heavy (non-hydrogen) atoms. The van der Waals surface area contributed by atoms with Crippen LogP contribution in [0.3, 0.4) is 0 Å². The van der Waals surface area contributed by atoms with Crippen molar-refractivity contribution in [3.05, 3.63) is 42.0 Å². The number of nitrogens with one attached hydrogen (secondary N) is 1. The highest BCUT2D eigenvalue weighted by Crippen LogP contribution is 2.07. The predicted octanol–water partition coefficient (Wildman–Crippen LogP) is 2.79. The zero-order chi connectivity index (χ0) is 14.3. The summed E-state index contributed by atoms with van der Waals surface area (Å²) >= 11 is 0. The summed E-state index contributed by atoms with van der Waals surface area (Å²) < 4.78 is 5.08. The van der Waals surface area contributed by atoms with Gasteiger partial charge in [0.05, 0.1) is 0 Å². The van der Waals surface area contributed by atoms with Gasteiger partial charge >= 0.3 is 6.09 Å². The van der Waals surface area contributed by atoms with E-state index in [2.05, 4.69) is 5.32 Å². The van der Waals surface area contributed by atoms with E-state index in [9.17, 15) is 9.59 Å². The molecule has 0 saturated carbocycles. The van der Waals surface area contributed by atoms with Crippen molar-refractivity contribution < 1.29 is 14.3 Å². The average Bonchev–Trinajstić information content (AvgIpc) is 2.33. The zero-order valence-electron chi connectivity index (χ0n) is 11.4. The maximum Gasteiger partial charge on any atom is 0.408 e. The average molecular weight is 261 g/mol. The van der Waals surface area contributed by atoms with Gasteiger partial charge in [0, 0.05) is 0 Å². The Bertz CT molecular complexity index is 446. The van der Waals surface area contributed by atoms with Crippen molar-refractivity contribution >= 4 is 18.5 Å². The summed E-state index contributed by atoms with van der Waals surface area (Å²) in [6.45, 7) is 5.30. The third-order valence-corrected chi connectivity index (χ3v) is 2.13. The summed E-state index contributed by atoms with van der Waals surface area (Å²) in [6, 6.07) is 8.83. The van der Waals surface area contributed by atoms with Crippen LogP contribution in [0.4, 0.5) is 4.79 Å². The molecular weight excluding hydrogens is 242 g/mol. The Kier molecular flexibility index (Phi) is 5.30. The normalized spacial score (nSPS) is 13.0. The number of hydrogen-bond donors (Lipinski definition) is 1. The van der Waals surface area contributed by atoms with Crippen molar-refractivity contribution in [3.63, 3.8) is 0 Å². The number of hydrogen-bond acceptors (Lipinski definition) is 3. The Hall–Kier alpha value is -2.10. The van der Waals surface area contributed by atoms with E-state index in [0.29, 0.717) is 6.29 Å². The quantitative estimate of drug-likeness (QED) is 0.848. The van der Waals surface area contributed by atoms with Crippen molar-refractivity contribution in [3.8, 4) is 0 Å². The number of benzene rings is 1. The Morgan fingerprint density at radius 2 is 1.89 bits per heavy atom. The molecule has 0 radical (unpaired) electrons. The lowest BCUT2D eigenvalue weighted by molar-refractivity contribution is -0.108. The molecular formula is C15H19NO3. The number of alkyl carbamates (subject to hydrolysis) is 1. The lowest BCUT2D eigenvalue weighted by Crippen LogP contribution is -2.38. The Morgan fingerprint density at radius 1 is 1.26 bits per heavy atom. The van der Waals surface area contributed by atoms with Crippen LogP contribution in [-0.4, -0.2) is 24.0 Å². The van der Waals surface area contributed by atoms with Gasteiger partial charge in [-0.05, 0) is 26.3 Å². The number of carbonyl (C=O) groups is 2. The molecule has 1 atom stereocenters. The minimum atomic E-state index is -0.699. The molecule has 1 unspecified atom stereocenters. The summed E-state index contributed by atoms with van der Waals surface area (Å²) in [5.74, 6) is 0. The van der Waals surface area contributed by atoms with Gasteiger partial charge < -0.3 is 14.8 Å². The second-order valence-electron chi connectivity index (χ2n) is 5.08. The molecule has 0 heterocycles.